The van der Waals surface area contributed by atoms with Crippen molar-refractivity contribution in [2.24, 2.45) is 0 Å². The summed E-state index contributed by atoms with van der Waals surface area (Å²) in [5.74, 6) is 0. The topological polar surface area (TPSA) is 8.17 Å². The maximum Gasteiger partial charge on any atom is 0.0560 e. The van der Waals surface area contributed by atoms with Gasteiger partial charge < -0.3 is 9.47 Å². The van der Waals surface area contributed by atoms with E-state index in [9.17, 15) is 0 Å². The van der Waals surface area contributed by atoms with Crippen LogP contribution in [0.5, 0.6) is 0 Å². The van der Waals surface area contributed by atoms with E-state index in [4.69, 9.17) is 0 Å². The molecule has 0 aliphatic heterocycles. The van der Waals surface area contributed by atoms with Gasteiger partial charge in [0.15, 0.2) is 0 Å². The lowest BCUT2D eigenvalue weighted by Crippen LogP contribution is -2.12. The van der Waals surface area contributed by atoms with Crippen LogP contribution in [0.4, 0.5) is 17.1 Å². The van der Waals surface area contributed by atoms with Gasteiger partial charge in [0.25, 0.3) is 0 Å². The molecule has 0 fully saturated rings. The number of anilines is 3. The summed E-state index contributed by atoms with van der Waals surface area (Å²) in [7, 11) is 0. The van der Waals surface area contributed by atoms with Crippen molar-refractivity contribution in [3.8, 4) is 33.4 Å². The van der Waals surface area contributed by atoms with Gasteiger partial charge >= 0.3 is 0 Å². The van der Waals surface area contributed by atoms with Crippen molar-refractivity contribution >= 4 is 60.4 Å². The Morgan fingerprint density at radius 3 is 2.12 bits per heavy atom. The first-order valence-corrected chi connectivity index (χ1v) is 18.2. The summed E-state index contributed by atoms with van der Waals surface area (Å²) in [5, 5.41) is 7.79. The number of aromatic nitrogens is 1. The van der Waals surface area contributed by atoms with Gasteiger partial charge in [-0.15, -0.1) is 0 Å². The molecular weight excluding hydrogens is 629 g/mol. The lowest BCUT2D eigenvalue weighted by Gasteiger charge is -2.29. The fraction of sp³-hybridized carbons (Fsp3) is 0.0400. The standard InChI is InChI=1S/C50H34N2/c1-3-14-33(15-4-1)39-20-9-11-24-46(39)51(38-27-29-43-42-22-10-12-25-47(42)52(48(43)32-38)36-18-5-2-6-19-36)37-26-28-41-44-23-13-17-35-30-34-16-7-8-21-40(34)50(49(35)44)45(41)31-37/h1-18,20-32,36H,19H2. The van der Waals surface area contributed by atoms with Crippen molar-refractivity contribution in [3.05, 3.63) is 188 Å². The maximum atomic E-state index is 2.54. The molecule has 0 spiro atoms. The van der Waals surface area contributed by atoms with E-state index < -0.39 is 0 Å². The molecule has 2 aliphatic rings. The van der Waals surface area contributed by atoms with Crippen molar-refractivity contribution < 1.29 is 0 Å². The highest BCUT2D eigenvalue weighted by atomic mass is 15.1. The van der Waals surface area contributed by atoms with E-state index in [1.54, 1.807) is 0 Å². The molecule has 1 atom stereocenters. The number of hydrogen-bond donors (Lipinski definition) is 0. The number of para-hydroxylation sites is 2. The highest BCUT2D eigenvalue weighted by Crippen LogP contribution is 2.53. The van der Waals surface area contributed by atoms with E-state index in [1.807, 2.05) is 0 Å². The second-order valence-corrected chi connectivity index (χ2v) is 14.0. The van der Waals surface area contributed by atoms with Gasteiger partial charge in [0, 0.05) is 33.2 Å². The molecule has 2 nitrogen and oxygen atoms in total. The average Bonchev–Trinajstić information content (AvgIpc) is 3.72. The van der Waals surface area contributed by atoms with Gasteiger partial charge in [-0.05, 0) is 98.2 Å². The molecule has 8 aromatic carbocycles. The fourth-order valence-electron chi connectivity index (χ4n) is 8.94. The Morgan fingerprint density at radius 1 is 0.481 bits per heavy atom. The molecule has 0 N–H and O–H groups in total. The molecule has 2 aliphatic carbocycles. The molecular formula is C50H34N2. The quantitative estimate of drug-likeness (QED) is 0.167. The van der Waals surface area contributed by atoms with Gasteiger partial charge in [-0.2, -0.15) is 0 Å². The highest BCUT2D eigenvalue weighted by molar-refractivity contribution is 6.24. The van der Waals surface area contributed by atoms with Crippen LogP contribution in [0.15, 0.2) is 188 Å². The smallest absolute Gasteiger partial charge is 0.0560 e. The maximum absolute atomic E-state index is 2.54. The van der Waals surface area contributed by atoms with Crippen LogP contribution >= 0.6 is 0 Å². The molecule has 2 heteroatoms. The molecule has 9 aromatic rings. The lowest BCUT2D eigenvalue weighted by atomic mass is 9.95. The minimum Gasteiger partial charge on any atom is -0.333 e. The van der Waals surface area contributed by atoms with Gasteiger partial charge in [-0.1, -0.05) is 146 Å². The van der Waals surface area contributed by atoms with Gasteiger partial charge in [0.1, 0.15) is 0 Å². The molecule has 1 heterocycles. The van der Waals surface area contributed by atoms with Crippen LogP contribution in [0.3, 0.4) is 0 Å². The number of nitrogens with zero attached hydrogens (tertiary/aromatic N) is 2. The number of fused-ring (bicyclic) bond motifs is 8. The lowest BCUT2D eigenvalue weighted by molar-refractivity contribution is 0.648. The molecule has 244 valence electrons. The summed E-state index contributed by atoms with van der Waals surface area (Å²) in [5.41, 5.74) is 13.6. The van der Waals surface area contributed by atoms with Crippen molar-refractivity contribution in [3.63, 3.8) is 0 Å². The van der Waals surface area contributed by atoms with Crippen LogP contribution < -0.4 is 4.90 Å². The van der Waals surface area contributed by atoms with E-state index in [0.717, 1.165) is 23.5 Å². The number of hydrogen-bond acceptors (Lipinski definition) is 1. The third kappa shape index (κ3) is 4.31. The molecule has 0 saturated heterocycles. The summed E-state index contributed by atoms with van der Waals surface area (Å²) >= 11 is 0. The van der Waals surface area contributed by atoms with E-state index in [2.05, 4.69) is 198 Å². The Balaban J connectivity index is 1.19. The zero-order chi connectivity index (χ0) is 34.2. The summed E-state index contributed by atoms with van der Waals surface area (Å²) < 4.78 is 2.54. The first kappa shape index (κ1) is 29.1. The minimum absolute atomic E-state index is 0.250. The van der Waals surface area contributed by atoms with Crippen LogP contribution in [0.25, 0.3) is 76.7 Å². The largest absolute Gasteiger partial charge is 0.333 e. The third-order valence-corrected chi connectivity index (χ3v) is 11.2. The van der Waals surface area contributed by atoms with E-state index >= 15 is 0 Å². The predicted octanol–water partition coefficient (Wildman–Crippen LogP) is 13.9. The molecule has 1 unspecified atom stereocenters. The van der Waals surface area contributed by atoms with Gasteiger partial charge in [0.2, 0.25) is 0 Å². The summed E-state index contributed by atoms with van der Waals surface area (Å²) in [6.45, 7) is 0. The summed E-state index contributed by atoms with van der Waals surface area (Å²) in [4.78, 5) is 2.48. The van der Waals surface area contributed by atoms with E-state index in [-0.39, 0.29) is 6.04 Å². The average molecular weight is 663 g/mol. The monoisotopic (exact) mass is 662 g/mol. The van der Waals surface area contributed by atoms with Crippen LogP contribution in [0.1, 0.15) is 12.5 Å². The van der Waals surface area contributed by atoms with E-state index in [1.165, 1.54) is 76.7 Å². The zero-order valence-corrected chi connectivity index (χ0v) is 28.6. The van der Waals surface area contributed by atoms with Gasteiger partial charge in [-0.3, -0.25) is 0 Å². The van der Waals surface area contributed by atoms with Crippen molar-refractivity contribution in [1.29, 1.82) is 0 Å². The molecule has 52 heavy (non-hydrogen) atoms. The fourth-order valence-corrected chi connectivity index (χ4v) is 8.94. The van der Waals surface area contributed by atoms with Crippen LogP contribution in [0.2, 0.25) is 0 Å². The Kier molecular flexibility index (Phi) is 6.41. The Labute approximate surface area is 302 Å². The second kappa shape index (κ2) is 11.4. The Bertz CT molecular complexity index is 2940. The summed E-state index contributed by atoms with van der Waals surface area (Å²) in [6.07, 6.45) is 9.94. The normalized spacial score (nSPS) is 14.5. The SMILES string of the molecule is C1=CCC(n2c3ccccc3c3ccc(N(c4ccc5c(c4)-c4c6ccccc6cc6cccc-5c46)c4ccccc4-c4ccccc4)cc32)C=C1. The predicted molar refractivity (Wildman–Crippen MR) is 221 cm³/mol. The minimum atomic E-state index is 0.250. The van der Waals surface area contributed by atoms with Crippen LogP contribution in [-0.4, -0.2) is 4.57 Å². The molecule has 11 rings (SSSR count). The van der Waals surface area contributed by atoms with Crippen molar-refractivity contribution in [2.75, 3.05) is 4.90 Å². The molecule has 1 aromatic heterocycles. The summed E-state index contributed by atoms with van der Waals surface area (Å²) in [6, 6.07) is 60.9. The molecule has 0 saturated carbocycles. The first-order chi connectivity index (χ1) is 25.8. The number of rotatable bonds is 5. The second-order valence-electron chi connectivity index (χ2n) is 14.0. The zero-order valence-electron chi connectivity index (χ0n) is 28.6. The highest BCUT2D eigenvalue weighted by Gasteiger charge is 2.27. The van der Waals surface area contributed by atoms with Gasteiger partial charge in [-0.25, -0.2) is 0 Å². The first-order valence-electron chi connectivity index (χ1n) is 18.2. The molecule has 0 bridgehead atoms. The number of allylic oxidation sites excluding steroid dienone is 4. The molecule has 0 amide bonds. The van der Waals surface area contributed by atoms with Crippen LogP contribution in [0, 0.1) is 0 Å². The number of benzene rings is 8. The van der Waals surface area contributed by atoms with Crippen LogP contribution in [-0.2, 0) is 0 Å². The third-order valence-electron chi connectivity index (χ3n) is 11.2. The Morgan fingerprint density at radius 2 is 1.21 bits per heavy atom. The van der Waals surface area contributed by atoms with Crippen molar-refractivity contribution in [2.45, 2.75) is 12.5 Å². The van der Waals surface area contributed by atoms with Crippen molar-refractivity contribution in [1.82, 2.24) is 4.57 Å². The Hall–Kier alpha value is -6.64. The van der Waals surface area contributed by atoms with E-state index in [0.29, 0.717) is 0 Å². The molecule has 0 radical (unpaired) electrons. The van der Waals surface area contributed by atoms with Gasteiger partial charge in [0.05, 0.1) is 17.2 Å².